The molecule has 0 aromatic heterocycles. The molecule has 0 aliphatic carbocycles. The van der Waals surface area contributed by atoms with Crippen LogP contribution in [-0.4, -0.2) is 20.1 Å². The highest BCUT2D eigenvalue weighted by molar-refractivity contribution is 9.10. The van der Waals surface area contributed by atoms with E-state index in [1.165, 1.54) is 0 Å². The third kappa shape index (κ3) is 4.06. The minimum atomic E-state index is -0.169. The second-order valence-corrected chi connectivity index (χ2v) is 5.34. The van der Waals surface area contributed by atoms with Gasteiger partial charge in [0.2, 0.25) is 0 Å². The van der Waals surface area contributed by atoms with Gasteiger partial charge in [-0.15, -0.1) is 0 Å². The molecule has 0 atom stereocenters. The number of hydrogen-bond acceptors (Lipinski definition) is 3. The molecule has 2 rings (SSSR count). The summed E-state index contributed by atoms with van der Waals surface area (Å²) in [7, 11) is 3.20. The lowest BCUT2D eigenvalue weighted by atomic mass is 10.1. The summed E-state index contributed by atoms with van der Waals surface area (Å²) in [4.78, 5) is 12.3. The number of ether oxygens (including phenoxy) is 2. The number of hydrogen-bond donors (Lipinski definition) is 1. The van der Waals surface area contributed by atoms with Crippen LogP contribution in [0.5, 0.6) is 5.75 Å². The number of benzene rings is 2. The standard InChI is InChI=1S/C16H16BrNO3/c1-20-10-12-9-11(3-8-15(12)21-2)16(19)18-14-6-4-13(17)5-7-14/h3-9H,10H2,1-2H3,(H,18,19). The lowest BCUT2D eigenvalue weighted by molar-refractivity contribution is 0.102. The first-order chi connectivity index (χ1) is 10.1. The Kier molecular flexibility index (Phi) is 5.36. The first kappa shape index (κ1) is 15.5. The number of amides is 1. The Balaban J connectivity index is 2.18. The van der Waals surface area contributed by atoms with Crippen LogP contribution in [0.1, 0.15) is 15.9 Å². The average Bonchev–Trinajstić information content (AvgIpc) is 2.50. The van der Waals surface area contributed by atoms with Crippen LogP contribution in [0.2, 0.25) is 0 Å². The third-order valence-corrected chi connectivity index (χ3v) is 3.47. The van der Waals surface area contributed by atoms with E-state index in [1.54, 1.807) is 32.4 Å². The summed E-state index contributed by atoms with van der Waals surface area (Å²) >= 11 is 3.36. The fourth-order valence-electron chi connectivity index (χ4n) is 1.92. The molecule has 0 radical (unpaired) electrons. The van der Waals surface area contributed by atoms with E-state index in [0.717, 1.165) is 15.7 Å². The van der Waals surface area contributed by atoms with E-state index in [4.69, 9.17) is 9.47 Å². The van der Waals surface area contributed by atoms with Crippen LogP contribution in [0.3, 0.4) is 0 Å². The van der Waals surface area contributed by atoms with Crippen LogP contribution in [0.15, 0.2) is 46.9 Å². The van der Waals surface area contributed by atoms with Gasteiger partial charge in [0.15, 0.2) is 0 Å². The van der Waals surface area contributed by atoms with Crippen molar-refractivity contribution in [2.45, 2.75) is 6.61 Å². The van der Waals surface area contributed by atoms with E-state index in [1.807, 2.05) is 24.3 Å². The van der Waals surface area contributed by atoms with Crippen molar-refractivity contribution in [2.24, 2.45) is 0 Å². The molecular formula is C16H16BrNO3. The van der Waals surface area contributed by atoms with Crippen molar-refractivity contribution in [3.05, 3.63) is 58.1 Å². The summed E-state index contributed by atoms with van der Waals surface area (Å²) in [6.45, 7) is 0.391. The molecule has 1 amide bonds. The van der Waals surface area contributed by atoms with Crippen molar-refractivity contribution in [2.75, 3.05) is 19.5 Å². The first-order valence-electron chi connectivity index (χ1n) is 6.37. The number of halogens is 1. The largest absolute Gasteiger partial charge is 0.496 e. The van der Waals surface area contributed by atoms with Crippen LogP contribution in [0.4, 0.5) is 5.69 Å². The van der Waals surface area contributed by atoms with Crippen LogP contribution in [-0.2, 0) is 11.3 Å². The molecular weight excluding hydrogens is 334 g/mol. The molecule has 0 spiro atoms. The van der Waals surface area contributed by atoms with Crippen molar-refractivity contribution in [3.63, 3.8) is 0 Å². The van der Waals surface area contributed by atoms with Crippen molar-refractivity contribution in [1.82, 2.24) is 0 Å². The quantitative estimate of drug-likeness (QED) is 0.891. The van der Waals surface area contributed by atoms with E-state index in [9.17, 15) is 4.79 Å². The number of carbonyl (C=O) groups is 1. The summed E-state index contributed by atoms with van der Waals surface area (Å²) in [5.41, 5.74) is 2.14. The van der Waals surface area contributed by atoms with Crippen molar-refractivity contribution in [1.29, 1.82) is 0 Å². The monoisotopic (exact) mass is 349 g/mol. The molecule has 110 valence electrons. The second-order valence-electron chi connectivity index (χ2n) is 4.42. The van der Waals surface area contributed by atoms with Crippen molar-refractivity contribution < 1.29 is 14.3 Å². The molecule has 1 N–H and O–H groups in total. The number of methoxy groups -OCH3 is 2. The van der Waals surface area contributed by atoms with Gasteiger partial charge in [-0.05, 0) is 42.5 Å². The van der Waals surface area contributed by atoms with E-state index >= 15 is 0 Å². The highest BCUT2D eigenvalue weighted by atomic mass is 79.9. The third-order valence-electron chi connectivity index (χ3n) is 2.94. The Morgan fingerprint density at radius 1 is 1.14 bits per heavy atom. The average molecular weight is 350 g/mol. The first-order valence-corrected chi connectivity index (χ1v) is 7.16. The maximum absolute atomic E-state index is 12.3. The van der Waals surface area contributed by atoms with Crippen LogP contribution < -0.4 is 10.1 Å². The summed E-state index contributed by atoms with van der Waals surface area (Å²) in [5.74, 6) is 0.536. The van der Waals surface area contributed by atoms with Gasteiger partial charge in [-0.3, -0.25) is 4.79 Å². The Morgan fingerprint density at radius 3 is 2.48 bits per heavy atom. The zero-order valence-corrected chi connectivity index (χ0v) is 13.4. The zero-order valence-electron chi connectivity index (χ0n) is 11.9. The van der Waals surface area contributed by atoms with E-state index in [0.29, 0.717) is 17.9 Å². The maximum Gasteiger partial charge on any atom is 0.255 e. The predicted octanol–water partition coefficient (Wildman–Crippen LogP) is 3.86. The van der Waals surface area contributed by atoms with E-state index in [2.05, 4.69) is 21.2 Å². The molecule has 2 aromatic rings. The molecule has 21 heavy (non-hydrogen) atoms. The normalized spacial score (nSPS) is 10.2. The highest BCUT2D eigenvalue weighted by Crippen LogP contribution is 2.22. The number of nitrogens with one attached hydrogen (secondary N) is 1. The summed E-state index contributed by atoms with van der Waals surface area (Å²) in [6, 6.07) is 12.7. The van der Waals surface area contributed by atoms with Crippen LogP contribution in [0.25, 0.3) is 0 Å². The Bertz CT molecular complexity index is 626. The lowest BCUT2D eigenvalue weighted by Gasteiger charge is -2.10. The molecule has 0 fully saturated rings. The second kappa shape index (κ2) is 7.24. The Morgan fingerprint density at radius 2 is 1.86 bits per heavy atom. The molecule has 2 aromatic carbocycles. The van der Waals surface area contributed by atoms with Gasteiger partial charge in [-0.2, -0.15) is 0 Å². The van der Waals surface area contributed by atoms with Gasteiger partial charge in [0.1, 0.15) is 5.75 Å². The number of rotatable bonds is 5. The highest BCUT2D eigenvalue weighted by Gasteiger charge is 2.10. The fourth-order valence-corrected chi connectivity index (χ4v) is 2.19. The van der Waals surface area contributed by atoms with Gasteiger partial charge in [0.05, 0.1) is 13.7 Å². The molecule has 0 saturated heterocycles. The van der Waals surface area contributed by atoms with Gasteiger partial charge >= 0.3 is 0 Å². The number of carbonyl (C=O) groups excluding carboxylic acids is 1. The predicted molar refractivity (Wildman–Crippen MR) is 85.8 cm³/mol. The molecule has 5 heteroatoms. The Labute approximate surface area is 132 Å². The molecule has 0 aliphatic heterocycles. The zero-order chi connectivity index (χ0) is 15.2. The van der Waals surface area contributed by atoms with Gasteiger partial charge in [0, 0.05) is 28.4 Å². The summed E-state index contributed by atoms with van der Waals surface area (Å²) < 4.78 is 11.3. The van der Waals surface area contributed by atoms with Gasteiger partial charge < -0.3 is 14.8 Å². The SMILES string of the molecule is COCc1cc(C(=O)Nc2ccc(Br)cc2)ccc1OC. The molecule has 4 nitrogen and oxygen atoms in total. The molecule has 0 heterocycles. The van der Waals surface area contributed by atoms with Crippen molar-refractivity contribution in [3.8, 4) is 5.75 Å². The minimum absolute atomic E-state index is 0.169. The van der Waals surface area contributed by atoms with E-state index < -0.39 is 0 Å². The molecule has 0 unspecified atom stereocenters. The van der Waals surface area contributed by atoms with Gasteiger partial charge in [-0.1, -0.05) is 15.9 Å². The minimum Gasteiger partial charge on any atom is -0.496 e. The van der Waals surface area contributed by atoms with Gasteiger partial charge in [0.25, 0.3) is 5.91 Å². The number of anilines is 1. The smallest absolute Gasteiger partial charge is 0.255 e. The summed E-state index contributed by atoms with van der Waals surface area (Å²) in [6.07, 6.45) is 0. The lowest BCUT2D eigenvalue weighted by Crippen LogP contribution is -2.12. The molecule has 0 bridgehead atoms. The van der Waals surface area contributed by atoms with Crippen molar-refractivity contribution >= 4 is 27.5 Å². The Hall–Kier alpha value is -1.85. The van der Waals surface area contributed by atoms with Crippen LogP contribution in [0, 0.1) is 0 Å². The topological polar surface area (TPSA) is 47.6 Å². The maximum atomic E-state index is 12.3. The van der Waals surface area contributed by atoms with Gasteiger partial charge in [-0.25, -0.2) is 0 Å². The summed E-state index contributed by atoms with van der Waals surface area (Å²) in [5, 5.41) is 2.85. The molecule has 0 aliphatic rings. The molecule has 0 saturated carbocycles. The van der Waals surface area contributed by atoms with E-state index in [-0.39, 0.29) is 5.91 Å². The fraction of sp³-hybridized carbons (Fsp3) is 0.188. The van der Waals surface area contributed by atoms with Crippen LogP contribution >= 0.6 is 15.9 Å².